The van der Waals surface area contributed by atoms with Gasteiger partial charge in [0.25, 0.3) is 0 Å². The van der Waals surface area contributed by atoms with Crippen molar-refractivity contribution in [2.45, 2.75) is 26.3 Å². The maximum atomic E-state index is 5.81. The third-order valence-electron chi connectivity index (χ3n) is 2.83. The van der Waals surface area contributed by atoms with Gasteiger partial charge in [-0.3, -0.25) is 0 Å². The highest BCUT2D eigenvalue weighted by molar-refractivity contribution is 9.10. The van der Waals surface area contributed by atoms with E-state index in [0.29, 0.717) is 12.5 Å². The molecule has 3 nitrogen and oxygen atoms in total. The van der Waals surface area contributed by atoms with E-state index in [9.17, 15) is 0 Å². The average molecular weight is 298 g/mol. The number of rotatable bonds is 3. The lowest BCUT2D eigenvalue weighted by Gasteiger charge is -2.06. The molecule has 92 valence electrons. The van der Waals surface area contributed by atoms with Gasteiger partial charge in [0.05, 0.1) is 18.1 Å². The average Bonchev–Trinajstić information content (AvgIpc) is 2.67. The molecule has 1 aromatic heterocycles. The number of nitrogens with two attached hydrogens (primary N) is 1. The van der Waals surface area contributed by atoms with Crippen molar-refractivity contribution in [3.8, 4) is 5.75 Å². The number of hydrogen-bond donors (Lipinski definition) is 1. The lowest BCUT2D eigenvalue weighted by Crippen LogP contribution is -1.99. The highest BCUT2D eigenvalue weighted by Crippen LogP contribution is 2.38. The maximum Gasteiger partial charge on any atom is 0.149 e. The van der Waals surface area contributed by atoms with E-state index >= 15 is 0 Å². The van der Waals surface area contributed by atoms with E-state index in [0.717, 1.165) is 27.0 Å². The second-order valence-electron chi connectivity index (χ2n) is 4.28. The van der Waals surface area contributed by atoms with Crippen LogP contribution in [0.25, 0.3) is 11.0 Å². The fourth-order valence-electron chi connectivity index (χ4n) is 2.10. The molecule has 0 saturated carbocycles. The SMILES string of the molecule is COc1cc(Br)c2oc(CN)c(C(C)C)c2c1. The molecular formula is C13H16BrNO2. The van der Waals surface area contributed by atoms with Crippen molar-refractivity contribution in [1.82, 2.24) is 0 Å². The van der Waals surface area contributed by atoms with Crippen molar-refractivity contribution in [2.75, 3.05) is 7.11 Å². The van der Waals surface area contributed by atoms with Crippen LogP contribution in [-0.2, 0) is 6.54 Å². The predicted octanol–water partition coefficient (Wildman–Crippen LogP) is 3.79. The van der Waals surface area contributed by atoms with Crippen LogP contribution in [-0.4, -0.2) is 7.11 Å². The molecule has 17 heavy (non-hydrogen) atoms. The van der Waals surface area contributed by atoms with Crippen molar-refractivity contribution in [1.29, 1.82) is 0 Å². The summed E-state index contributed by atoms with van der Waals surface area (Å²) in [6.07, 6.45) is 0. The van der Waals surface area contributed by atoms with Gasteiger partial charge in [0, 0.05) is 10.9 Å². The quantitative estimate of drug-likeness (QED) is 0.938. The van der Waals surface area contributed by atoms with E-state index in [2.05, 4.69) is 29.8 Å². The van der Waals surface area contributed by atoms with Crippen LogP contribution in [0.2, 0.25) is 0 Å². The summed E-state index contributed by atoms with van der Waals surface area (Å²) in [6, 6.07) is 3.90. The van der Waals surface area contributed by atoms with Gasteiger partial charge in [-0.05, 0) is 34.0 Å². The number of ether oxygens (including phenoxy) is 1. The van der Waals surface area contributed by atoms with Crippen LogP contribution in [0.4, 0.5) is 0 Å². The first-order chi connectivity index (χ1) is 8.08. The summed E-state index contributed by atoms with van der Waals surface area (Å²) < 4.78 is 12.0. The second kappa shape index (κ2) is 4.70. The normalized spacial score (nSPS) is 11.4. The first-order valence-corrected chi connectivity index (χ1v) is 6.36. The molecule has 0 fully saturated rings. The van der Waals surface area contributed by atoms with E-state index < -0.39 is 0 Å². The topological polar surface area (TPSA) is 48.4 Å². The van der Waals surface area contributed by atoms with Gasteiger partial charge < -0.3 is 14.9 Å². The van der Waals surface area contributed by atoms with Gasteiger partial charge in [-0.15, -0.1) is 0 Å². The lowest BCUT2D eigenvalue weighted by atomic mass is 9.99. The summed E-state index contributed by atoms with van der Waals surface area (Å²) >= 11 is 3.50. The van der Waals surface area contributed by atoms with Crippen molar-refractivity contribution in [3.05, 3.63) is 27.9 Å². The summed E-state index contributed by atoms with van der Waals surface area (Å²) in [6.45, 7) is 4.69. The molecule has 0 saturated heterocycles. The van der Waals surface area contributed by atoms with E-state index in [1.54, 1.807) is 7.11 Å². The van der Waals surface area contributed by atoms with Gasteiger partial charge in [0.15, 0.2) is 0 Å². The van der Waals surface area contributed by atoms with Crippen LogP contribution in [0.1, 0.15) is 31.1 Å². The zero-order valence-electron chi connectivity index (χ0n) is 10.2. The van der Waals surface area contributed by atoms with Crippen LogP contribution in [0.5, 0.6) is 5.75 Å². The molecule has 0 aliphatic heterocycles. The Morgan fingerprint density at radius 1 is 1.41 bits per heavy atom. The molecule has 0 aliphatic rings. The summed E-state index contributed by atoms with van der Waals surface area (Å²) in [5.74, 6) is 2.04. The molecule has 2 rings (SSSR count). The van der Waals surface area contributed by atoms with Gasteiger partial charge in [-0.1, -0.05) is 13.8 Å². The molecule has 0 atom stereocenters. The number of methoxy groups -OCH3 is 1. The Balaban J connectivity index is 2.80. The molecule has 2 N–H and O–H groups in total. The van der Waals surface area contributed by atoms with E-state index in [1.807, 2.05) is 12.1 Å². The molecular weight excluding hydrogens is 282 g/mol. The molecule has 0 aliphatic carbocycles. The maximum absolute atomic E-state index is 5.81. The molecule has 0 bridgehead atoms. The summed E-state index contributed by atoms with van der Waals surface area (Å²) in [5.41, 5.74) is 7.74. The zero-order valence-corrected chi connectivity index (χ0v) is 11.8. The van der Waals surface area contributed by atoms with Gasteiger partial charge in [0.1, 0.15) is 17.1 Å². The van der Waals surface area contributed by atoms with Crippen molar-refractivity contribution in [3.63, 3.8) is 0 Å². The highest BCUT2D eigenvalue weighted by atomic mass is 79.9. The number of halogens is 1. The fraction of sp³-hybridized carbons (Fsp3) is 0.385. The van der Waals surface area contributed by atoms with Crippen LogP contribution in [0, 0.1) is 0 Å². The molecule has 2 aromatic rings. The fourth-order valence-corrected chi connectivity index (χ4v) is 2.62. The highest BCUT2D eigenvalue weighted by Gasteiger charge is 2.18. The molecule has 0 radical (unpaired) electrons. The van der Waals surface area contributed by atoms with Crippen LogP contribution < -0.4 is 10.5 Å². The molecule has 1 heterocycles. The monoisotopic (exact) mass is 297 g/mol. The molecule has 0 amide bonds. The Kier molecular flexibility index (Phi) is 3.45. The van der Waals surface area contributed by atoms with Crippen LogP contribution in [0.15, 0.2) is 21.0 Å². The first-order valence-electron chi connectivity index (χ1n) is 5.57. The van der Waals surface area contributed by atoms with Crippen molar-refractivity contribution < 1.29 is 9.15 Å². The van der Waals surface area contributed by atoms with E-state index in [4.69, 9.17) is 14.9 Å². The Morgan fingerprint density at radius 3 is 2.65 bits per heavy atom. The van der Waals surface area contributed by atoms with Gasteiger partial charge in [0.2, 0.25) is 0 Å². The predicted molar refractivity (Wildman–Crippen MR) is 72.4 cm³/mol. The van der Waals surface area contributed by atoms with Gasteiger partial charge >= 0.3 is 0 Å². The largest absolute Gasteiger partial charge is 0.497 e. The summed E-state index contributed by atoms with van der Waals surface area (Å²) in [7, 11) is 1.66. The lowest BCUT2D eigenvalue weighted by molar-refractivity contribution is 0.415. The summed E-state index contributed by atoms with van der Waals surface area (Å²) in [5, 5.41) is 1.08. The minimum Gasteiger partial charge on any atom is -0.497 e. The number of furan rings is 1. The van der Waals surface area contributed by atoms with Gasteiger partial charge in [-0.25, -0.2) is 0 Å². The minimum atomic E-state index is 0.369. The smallest absolute Gasteiger partial charge is 0.149 e. The third kappa shape index (κ3) is 2.07. The Bertz CT molecular complexity index is 546. The van der Waals surface area contributed by atoms with Gasteiger partial charge in [-0.2, -0.15) is 0 Å². The number of fused-ring (bicyclic) bond motifs is 1. The van der Waals surface area contributed by atoms with Crippen molar-refractivity contribution in [2.24, 2.45) is 5.73 Å². The zero-order chi connectivity index (χ0) is 12.6. The summed E-state index contributed by atoms with van der Waals surface area (Å²) in [4.78, 5) is 0. The first kappa shape index (κ1) is 12.5. The third-order valence-corrected chi connectivity index (χ3v) is 3.42. The number of benzene rings is 1. The Hall–Kier alpha value is -1.00. The van der Waals surface area contributed by atoms with E-state index in [-0.39, 0.29) is 0 Å². The number of hydrogen-bond acceptors (Lipinski definition) is 3. The molecule has 0 unspecified atom stereocenters. The van der Waals surface area contributed by atoms with E-state index in [1.165, 1.54) is 5.56 Å². The van der Waals surface area contributed by atoms with Crippen LogP contribution >= 0.6 is 15.9 Å². The van der Waals surface area contributed by atoms with Crippen LogP contribution in [0.3, 0.4) is 0 Å². The standard InChI is InChI=1S/C13H16BrNO2/c1-7(2)12-9-4-8(16-3)5-10(14)13(9)17-11(12)6-15/h4-5,7H,6,15H2,1-3H3. The Labute approximate surface area is 109 Å². The molecule has 4 heteroatoms. The van der Waals surface area contributed by atoms with Crippen molar-refractivity contribution >= 4 is 26.9 Å². The Morgan fingerprint density at radius 2 is 2.12 bits per heavy atom. The molecule has 0 spiro atoms. The minimum absolute atomic E-state index is 0.369. The second-order valence-corrected chi connectivity index (χ2v) is 5.14. The molecule has 1 aromatic carbocycles.